The van der Waals surface area contributed by atoms with Gasteiger partial charge in [-0.05, 0) is 59.3 Å². The molecule has 9 nitrogen and oxygen atoms in total. The highest BCUT2D eigenvalue weighted by Crippen LogP contribution is 2.42. The Morgan fingerprint density at radius 2 is 1.61 bits per heavy atom. The molecule has 0 bridgehead atoms. The number of primary amides is 1. The lowest BCUT2D eigenvalue weighted by atomic mass is 9.91. The predicted octanol–water partition coefficient (Wildman–Crippen LogP) is 2.22. The Morgan fingerprint density at radius 1 is 1.04 bits per heavy atom. The molecule has 9 heteroatoms. The number of amides is 3. The van der Waals surface area contributed by atoms with E-state index in [9.17, 15) is 14.4 Å². The summed E-state index contributed by atoms with van der Waals surface area (Å²) in [7, 11) is 0. The van der Waals surface area contributed by atoms with Gasteiger partial charge in [0.1, 0.15) is 11.2 Å². The summed E-state index contributed by atoms with van der Waals surface area (Å²) in [6, 6.07) is -0.0521. The average molecular weight is 392 g/mol. The Kier molecular flexibility index (Phi) is 5.62. The van der Waals surface area contributed by atoms with Crippen molar-refractivity contribution >= 4 is 17.9 Å². The van der Waals surface area contributed by atoms with Crippen LogP contribution >= 0.6 is 0 Å². The molecule has 0 spiro atoms. The topological polar surface area (TPSA) is 137 Å². The fraction of sp³-hybridized carbons (Fsp3) is 0.684. The number of hydrogen-bond donors (Lipinski definition) is 3. The number of carbonyl (C=O) groups excluding carboxylic acids is 3. The van der Waals surface area contributed by atoms with Gasteiger partial charge < -0.3 is 25.6 Å². The summed E-state index contributed by atoms with van der Waals surface area (Å²) < 4.78 is 10.5. The van der Waals surface area contributed by atoms with Crippen LogP contribution in [0.25, 0.3) is 0 Å². The second-order valence-corrected chi connectivity index (χ2v) is 8.58. The van der Waals surface area contributed by atoms with Crippen LogP contribution in [-0.4, -0.2) is 40.7 Å². The van der Waals surface area contributed by atoms with Crippen LogP contribution in [0.2, 0.25) is 0 Å². The van der Waals surface area contributed by atoms with Crippen LogP contribution in [0.15, 0.2) is 4.52 Å². The van der Waals surface area contributed by atoms with Gasteiger partial charge in [0.15, 0.2) is 11.5 Å². The van der Waals surface area contributed by atoms with Crippen molar-refractivity contribution in [1.82, 2.24) is 15.8 Å². The number of ether oxygens (including phenoxy) is 1. The highest BCUT2D eigenvalue weighted by Gasteiger charge is 2.36. The van der Waals surface area contributed by atoms with Gasteiger partial charge >= 0.3 is 6.09 Å². The van der Waals surface area contributed by atoms with Gasteiger partial charge in [0.25, 0.3) is 11.8 Å². The second-order valence-electron chi connectivity index (χ2n) is 8.58. The largest absolute Gasteiger partial charge is 0.444 e. The third kappa shape index (κ3) is 5.02. The quantitative estimate of drug-likeness (QED) is 0.703. The molecule has 0 atom stereocenters. The Hall–Kier alpha value is -2.58. The number of carbonyl (C=O) groups is 3. The number of rotatable bonds is 5. The summed E-state index contributed by atoms with van der Waals surface area (Å²) in [6.45, 7) is 5.45. The summed E-state index contributed by atoms with van der Waals surface area (Å²) in [5.41, 5.74) is 4.96. The van der Waals surface area contributed by atoms with Crippen LogP contribution in [0.5, 0.6) is 0 Å². The molecule has 3 amide bonds. The van der Waals surface area contributed by atoms with Crippen molar-refractivity contribution in [2.24, 2.45) is 5.73 Å². The summed E-state index contributed by atoms with van der Waals surface area (Å²) >= 11 is 0. The zero-order valence-corrected chi connectivity index (χ0v) is 16.5. The molecule has 3 rings (SSSR count). The maximum absolute atomic E-state index is 12.6. The Bertz CT molecular complexity index is 755. The van der Waals surface area contributed by atoms with Gasteiger partial charge in [-0.25, -0.2) is 4.79 Å². The van der Waals surface area contributed by atoms with Gasteiger partial charge in [-0.2, -0.15) is 0 Å². The van der Waals surface area contributed by atoms with E-state index < -0.39 is 23.5 Å². The fourth-order valence-corrected chi connectivity index (χ4v) is 3.43. The standard InChI is InChI=1S/C19H28N4O5/c1-19(2,3)27-18(26)22-12-8-6-11(7-9-12)21-17(25)14-13(16(20)24)15(28-23-14)10-4-5-10/h10-12H,4-9H2,1-3H3,(H2,20,24)(H,21,25)(H,22,26). The zero-order chi connectivity index (χ0) is 20.5. The minimum Gasteiger partial charge on any atom is -0.444 e. The van der Waals surface area contributed by atoms with E-state index in [1.165, 1.54) is 0 Å². The molecule has 2 aliphatic rings. The van der Waals surface area contributed by atoms with Crippen LogP contribution in [0.1, 0.15) is 91.8 Å². The first-order valence-corrected chi connectivity index (χ1v) is 9.74. The van der Waals surface area contributed by atoms with Crippen molar-refractivity contribution in [3.05, 3.63) is 17.0 Å². The molecule has 2 aliphatic carbocycles. The van der Waals surface area contributed by atoms with Crippen LogP contribution in [0.3, 0.4) is 0 Å². The zero-order valence-electron chi connectivity index (χ0n) is 16.5. The van der Waals surface area contributed by atoms with Crippen molar-refractivity contribution in [2.45, 2.75) is 82.9 Å². The summed E-state index contributed by atoms with van der Waals surface area (Å²) in [4.78, 5) is 36.2. The molecule has 28 heavy (non-hydrogen) atoms. The van der Waals surface area contributed by atoms with E-state index in [0.717, 1.165) is 25.7 Å². The summed E-state index contributed by atoms with van der Waals surface area (Å²) in [5, 5.41) is 9.56. The molecule has 2 saturated carbocycles. The Morgan fingerprint density at radius 3 is 2.11 bits per heavy atom. The number of alkyl carbamates (subject to hydrolysis) is 1. The predicted molar refractivity (Wildman–Crippen MR) is 99.9 cm³/mol. The average Bonchev–Trinajstić information content (AvgIpc) is 3.32. The number of nitrogens with one attached hydrogen (secondary N) is 2. The second kappa shape index (κ2) is 7.81. The van der Waals surface area contributed by atoms with E-state index in [1.807, 2.05) is 20.8 Å². The molecule has 0 saturated heterocycles. The summed E-state index contributed by atoms with van der Waals surface area (Å²) in [6.07, 6.45) is 4.23. The molecule has 0 unspecified atom stereocenters. The van der Waals surface area contributed by atoms with Crippen molar-refractivity contribution in [1.29, 1.82) is 0 Å². The van der Waals surface area contributed by atoms with E-state index in [2.05, 4.69) is 15.8 Å². The van der Waals surface area contributed by atoms with Gasteiger partial charge in [0.05, 0.1) is 0 Å². The molecule has 1 heterocycles. The minimum absolute atomic E-state index is 0.0118. The number of aromatic nitrogens is 1. The number of hydrogen-bond acceptors (Lipinski definition) is 6. The number of nitrogens with two attached hydrogens (primary N) is 1. The molecule has 1 aromatic rings. The lowest BCUT2D eigenvalue weighted by Gasteiger charge is -2.30. The van der Waals surface area contributed by atoms with Crippen LogP contribution < -0.4 is 16.4 Å². The monoisotopic (exact) mass is 392 g/mol. The first kappa shape index (κ1) is 20.2. The van der Waals surface area contributed by atoms with E-state index in [4.69, 9.17) is 15.0 Å². The molecule has 0 aromatic carbocycles. The molecular formula is C19H28N4O5. The van der Waals surface area contributed by atoms with Gasteiger partial charge in [0, 0.05) is 18.0 Å². The highest BCUT2D eigenvalue weighted by atomic mass is 16.6. The Balaban J connectivity index is 1.52. The normalized spacial score (nSPS) is 22.4. The molecule has 4 N–H and O–H groups in total. The summed E-state index contributed by atoms with van der Waals surface area (Å²) in [5.74, 6) is -0.597. The number of nitrogens with zero attached hydrogens (tertiary/aromatic N) is 1. The van der Waals surface area contributed by atoms with E-state index in [0.29, 0.717) is 18.6 Å². The van der Waals surface area contributed by atoms with Crippen molar-refractivity contribution in [3.8, 4) is 0 Å². The fourth-order valence-electron chi connectivity index (χ4n) is 3.43. The van der Waals surface area contributed by atoms with E-state index in [-0.39, 0.29) is 29.3 Å². The third-order valence-corrected chi connectivity index (χ3v) is 4.91. The van der Waals surface area contributed by atoms with Crippen molar-refractivity contribution in [3.63, 3.8) is 0 Å². The molecule has 2 fully saturated rings. The third-order valence-electron chi connectivity index (χ3n) is 4.91. The molecule has 0 radical (unpaired) electrons. The Labute approximate surface area is 163 Å². The van der Waals surface area contributed by atoms with Gasteiger partial charge in [-0.3, -0.25) is 9.59 Å². The van der Waals surface area contributed by atoms with Crippen molar-refractivity contribution in [2.75, 3.05) is 0 Å². The van der Waals surface area contributed by atoms with Gasteiger partial charge in [-0.1, -0.05) is 5.16 Å². The van der Waals surface area contributed by atoms with Crippen LogP contribution in [0.4, 0.5) is 4.79 Å². The lowest BCUT2D eigenvalue weighted by molar-refractivity contribution is 0.0487. The molecular weight excluding hydrogens is 364 g/mol. The first-order chi connectivity index (χ1) is 13.1. The van der Waals surface area contributed by atoms with Crippen molar-refractivity contribution < 1.29 is 23.6 Å². The minimum atomic E-state index is -0.696. The van der Waals surface area contributed by atoms with Gasteiger partial charge in [0.2, 0.25) is 0 Å². The maximum Gasteiger partial charge on any atom is 0.407 e. The van der Waals surface area contributed by atoms with Crippen LogP contribution in [-0.2, 0) is 4.74 Å². The molecule has 154 valence electrons. The molecule has 1 aromatic heterocycles. The first-order valence-electron chi connectivity index (χ1n) is 9.74. The van der Waals surface area contributed by atoms with E-state index in [1.54, 1.807) is 0 Å². The highest BCUT2D eigenvalue weighted by molar-refractivity contribution is 6.06. The molecule has 0 aliphatic heterocycles. The lowest BCUT2D eigenvalue weighted by Crippen LogP contribution is -2.45. The maximum atomic E-state index is 12.6. The van der Waals surface area contributed by atoms with Crippen LogP contribution in [0, 0.1) is 0 Å². The smallest absolute Gasteiger partial charge is 0.407 e. The van der Waals surface area contributed by atoms with Gasteiger partial charge in [-0.15, -0.1) is 0 Å². The van der Waals surface area contributed by atoms with E-state index >= 15 is 0 Å². The SMILES string of the molecule is CC(C)(C)OC(=O)NC1CCC(NC(=O)c2noc(C3CC3)c2C(N)=O)CC1.